The number of fused-ring (bicyclic) bond motifs is 1. The summed E-state index contributed by atoms with van der Waals surface area (Å²) in [4.78, 5) is 8.86. The van der Waals surface area contributed by atoms with E-state index in [0.717, 1.165) is 19.7 Å². The summed E-state index contributed by atoms with van der Waals surface area (Å²) in [6.45, 7) is 3.11. The molecule has 0 saturated carbocycles. The molecule has 5 heteroatoms. The summed E-state index contributed by atoms with van der Waals surface area (Å²) >= 11 is 1.91. The Kier molecular flexibility index (Phi) is 4.05. The Hall–Kier alpha value is -0.650. The van der Waals surface area contributed by atoms with Crippen molar-refractivity contribution >= 4 is 16.5 Å². The molecule has 2 aliphatic rings. The molecule has 4 nitrogen and oxygen atoms in total. The molecule has 2 heterocycles. The van der Waals surface area contributed by atoms with E-state index in [2.05, 4.69) is 10.2 Å². The number of ether oxygens (including phenoxy) is 1. The zero-order chi connectivity index (χ0) is 13.2. The predicted molar refractivity (Wildman–Crippen MR) is 79.0 cm³/mol. The summed E-state index contributed by atoms with van der Waals surface area (Å²) in [5.41, 5.74) is 1.31. The molecule has 0 radical (unpaired) electrons. The van der Waals surface area contributed by atoms with Gasteiger partial charge in [-0.2, -0.15) is 0 Å². The van der Waals surface area contributed by atoms with Crippen LogP contribution in [-0.4, -0.2) is 38.8 Å². The molecule has 3 rings (SSSR count). The smallest absolute Gasteiger partial charge is 0.185 e. The molecule has 1 aromatic heterocycles. The van der Waals surface area contributed by atoms with Crippen molar-refractivity contribution in [3.05, 3.63) is 10.6 Å². The van der Waals surface area contributed by atoms with Gasteiger partial charge in [-0.25, -0.2) is 4.98 Å². The summed E-state index contributed by atoms with van der Waals surface area (Å²) in [6, 6.07) is 0.464. The van der Waals surface area contributed by atoms with E-state index in [1.807, 2.05) is 18.4 Å². The number of nitrogens with zero attached hydrogens (tertiary/aromatic N) is 2. The van der Waals surface area contributed by atoms with Crippen LogP contribution < -0.4 is 10.2 Å². The van der Waals surface area contributed by atoms with Crippen LogP contribution in [0.4, 0.5) is 5.13 Å². The number of hydrogen-bond acceptors (Lipinski definition) is 5. The number of thiazole rings is 1. The van der Waals surface area contributed by atoms with Gasteiger partial charge in [-0.3, -0.25) is 0 Å². The normalized spacial score (nSPS) is 26.7. The molecule has 1 aliphatic heterocycles. The monoisotopic (exact) mass is 281 g/mol. The summed E-state index contributed by atoms with van der Waals surface area (Å²) < 4.78 is 5.27. The zero-order valence-corrected chi connectivity index (χ0v) is 12.6. The van der Waals surface area contributed by atoms with Crippen molar-refractivity contribution in [3.63, 3.8) is 0 Å². The van der Waals surface area contributed by atoms with Crippen LogP contribution in [0.3, 0.4) is 0 Å². The average Bonchev–Trinajstić information content (AvgIpc) is 3.04. The van der Waals surface area contributed by atoms with Crippen LogP contribution in [0, 0.1) is 5.92 Å². The molecule has 0 aromatic carbocycles. The van der Waals surface area contributed by atoms with Gasteiger partial charge in [-0.05, 0) is 32.7 Å². The maximum Gasteiger partial charge on any atom is 0.185 e. The van der Waals surface area contributed by atoms with Gasteiger partial charge < -0.3 is 15.0 Å². The third-order valence-electron chi connectivity index (χ3n) is 4.25. The third kappa shape index (κ3) is 2.64. The molecular formula is C14H23N3OS. The van der Waals surface area contributed by atoms with Crippen LogP contribution in [0.25, 0.3) is 0 Å². The zero-order valence-electron chi connectivity index (χ0n) is 11.8. The van der Waals surface area contributed by atoms with Crippen LogP contribution in [0.2, 0.25) is 0 Å². The number of nitrogens with one attached hydrogen (secondary N) is 1. The van der Waals surface area contributed by atoms with Gasteiger partial charge >= 0.3 is 0 Å². The van der Waals surface area contributed by atoms with Crippen molar-refractivity contribution in [1.29, 1.82) is 0 Å². The fraction of sp³-hybridized carbons (Fsp3) is 0.786. The maximum atomic E-state index is 5.27. The first-order valence-corrected chi connectivity index (χ1v) is 8.04. The summed E-state index contributed by atoms with van der Waals surface area (Å²) in [5.74, 6) is 0.672. The van der Waals surface area contributed by atoms with E-state index in [-0.39, 0.29) is 0 Å². The van der Waals surface area contributed by atoms with Gasteiger partial charge in [0.25, 0.3) is 0 Å². The van der Waals surface area contributed by atoms with E-state index in [1.54, 1.807) is 7.11 Å². The van der Waals surface area contributed by atoms with Crippen LogP contribution in [0.15, 0.2) is 0 Å². The van der Waals surface area contributed by atoms with Crippen LogP contribution in [-0.2, 0) is 11.2 Å². The Morgan fingerprint density at radius 2 is 2.37 bits per heavy atom. The SMILES string of the molecule is CNC1CCCc2sc(N3CCC(COC)C3)nc21. The number of rotatable bonds is 4. The molecule has 1 aliphatic carbocycles. The number of aromatic nitrogens is 1. The summed E-state index contributed by atoms with van der Waals surface area (Å²) in [5, 5.41) is 4.63. The molecule has 106 valence electrons. The molecule has 1 aromatic rings. The van der Waals surface area contributed by atoms with E-state index in [0.29, 0.717) is 12.0 Å². The number of hydrogen-bond donors (Lipinski definition) is 1. The quantitative estimate of drug-likeness (QED) is 0.918. The van der Waals surface area contributed by atoms with Crippen molar-refractivity contribution in [3.8, 4) is 0 Å². The van der Waals surface area contributed by atoms with Crippen molar-refractivity contribution < 1.29 is 4.74 Å². The standard InChI is InChI=1S/C14H23N3OS/c1-15-11-4-3-5-12-13(11)16-14(19-12)17-7-6-10(8-17)9-18-2/h10-11,15H,3-9H2,1-2H3. The highest BCUT2D eigenvalue weighted by atomic mass is 32.1. The highest BCUT2D eigenvalue weighted by Crippen LogP contribution is 2.37. The van der Waals surface area contributed by atoms with E-state index >= 15 is 0 Å². The number of aryl methyl sites for hydroxylation is 1. The van der Waals surface area contributed by atoms with Crippen LogP contribution in [0.1, 0.15) is 35.9 Å². The maximum absolute atomic E-state index is 5.27. The Morgan fingerprint density at radius 1 is 1.47 bits per heavy atom. The fourth-order valence-corrected chi connectivity index (χ4v) is 4.40. The van der Waals surface area contributed by atoms with Crippen LogP contribution in [0.5, 0.6) is 0 Å². The Morgan fingerprint density at radius 3 is 3.16 bits per heavy atom. The van der Waals surface area contributed by atoms with Gasteiger partial charge in [0.15, 0.2) is 5.13 Å². The molecule has 2 atom stereocenters. The predicted octanol–water partition coefficient (Wildman–Crippen LogP) is 2.21. The second-order valence-electron chi connectivity index (χ2n) is 5.59. The lowest BCUT2D eigenvalue weighted by atomic mass is 9.98. The Balaban J connectivity index is 1.74. The second-order valence-corrected chi connectivity index (χ2v) is 6.66. The van der Waals surface area contributed by atoms with Gasteiger partial charge in [-0.1, -0.05) is 0 Å². The molecule has 0 bridgehead atoms. The molecular weight excluding hydrogens is 258 g/mol. The first-order valence-electron chi connectivity index (χ1n) is 7.22. The molecule has 1 N–H and O–H groups in total. The molecule has 2 unspecified atom stereocenters. The first-order chi connectivity index (χ1) is 9.31. The van der Waals surface area contributed by atoms with Gasteiger partial charge in [-0.15, -0.1) is 11.3 Å². The fourth-order valence-electron chi connectivity index (χ4n) is 3.20. The molecule has 1 fully saturated rings. The molecule has 0 amide bonds. The van der Waals surface area contributed by atoms with Crippen molar-refractivity contribution in [2.24, 2.45) is 5.92 Å². The lowest BCUT2D eigenvalue weighted by Gasteiger charge is -2.19. The summed E-state index contributed by atoms with van der Waals surface area (Å²) in [6.07, 6.45) is 4.94. The lowest BCUT2D eigenvalue weighted by molar-refractivity contribution is 0.161. The minimum atomic E-state index is 0.464. The Labute approximate surface area is 119 Å². The number of anilines is 1. The van der Waals surface area contributed by atoms with Crippen molar-refractivity contribution in [2.45, 2.75) is 31.7 Å². The van der Waals surface area contributed by atoms with Gasteiger partial charge in [0.2, 0.25) is 0 Å². The van der Waals surface area contributed by atoms with Crippen molar-refractivity contribution in [1.82, 2.24) is 10.3 Å². The minimum absolute atomic E-state index is 0.464. The topological polar surface area (TPSA) is 37.4 Å². The average molecular weight is 281 g/mol. The van der Waals surface area contributed by atoms with Crippen molar-refractivity contribution in [2.75, 3.05) is 38.8 Å². The van der Waals surface area contributed by atoms with Gasteiger partial charge in [0.1, 0.15) is 0 Å². The highest BCUT2D eigenvalue weighted by molar-refractivity contribution is 7.15. The van der Waals surface area contributed by atoms with Crippen LogP contribution >= 0.6 is 11.3 Å². The largest absolute Gasteiger partial charge is 0.384 e. The summed E-state index contributed by atoms with van der Waals surface area (Å²) in [7, 11) is 3.84. The number of methoxy groups -OCH3 is 1. The van der Waals surface area contributed by atoms with E-state index in [4.69, 9.17) is 9.72 Å². The third-order valence-corrected chi connectivity index (χ3v) is 5.44. The first kappa shape index (κ1) is 13.3. The van der Waals surface area contributed by atoms with E-state index in [9.17, 15) is 0 Å². The molecule has 1 saturated heterocycles. The van der Waals surface area contributed by atoms with Gasteiger partial charge in [0, 0.05) is 31.0 Å². The molecule has 19 heavy (non-hydrogen) atoms. The van der Waals surface area contributed by atoms with Gasteiger partial charge in [0.05, 0.1) is 18.3 Å². The van der Waals surface area contributed by atoms with E-state index in [1.165, 1.54) is 41.4 Å². The minimum Gasteiger partial charge on any atom is -0.384 e. The lowest BCUT2D eigenvalue weighted by Crippen LogP contribution is -2.22. The van der Waals surface area contributed by atoms with E-state index < -0.39 is 0 Å². The second kappa shape index (κ2) is 5.77. The Bertz CT molecular complexity index is 434. The molecule has 0 spiro atoms. The highest BCUT2D eigenvalue weighted by Gasteiger charge is 2.28.